The van der Waals surface area contributed by atoms with E-state index in [0.29, 0.717) is 5.75 Å². The first-order valence-electron chi connectivity index (χ1n) is 6.37. The fourth-order valence-corrected chi connectivity index (χ4v) is 1.55. The lowest BCUT2D eigenvalue weighted by atomic mass is 10.0. The number of aromatic nitrogens is 2. The maximum atomic E-state index is 11.8. The molecule has 1 rings (SSSR count). The molecule has 1 atom stereocenters. The smallest absolute Gasteiger partial charge is 0.408 e. The van der Waals surface area contributed by atoms with Crippen LogP contribution in [0.5, 0.6) is 5.75 Å². The standard InChI is InChI=1S/C13H21N3O5/c1-12(2,3)21-11(19)15-13(4,10(17)18)8-16-7-9(20-5)6-14-16/h6-7H,8H2,1-5H3,(H,15,19)(H,17,18). The van der Waals surface area contributed by atoms with Crippen LogP contribution < -0.4 is 10.1 Å². The van der Waals surface area contributed by atoms with E-state index in [1.54, 1.807) is 20.8 Å². The lowest BCUT2D eigenvalue weighted by molar-refractivity contribution is -0.144. The Labute approximate surface area is 123 Å². The van der Waals surface area contributed by atoms with Gasteiger partial charge in [0.2, 0.25) is 0 Å². The molecule has 0 radical (unpaired) electrons. The Hall–Kier alpha value is -2.25. The summed E-state index contributed by atoms with van der Waals surface area (Å²) in [6.07, 6.45) is 2.19. The number of aliphatic carboxylic acids is 1. The third-order valence-electron chi connectivity index (χ3n) is 2.57. The quantitative estimate of drug-likeness (QED) is 0.848. The Morgan fingerprint density at radius 3 is 2.43 bits per heavy atom. The van der Waals surface area contributed by atoms with Crippen LogP contribution in [-0.4, -0.2) is 45.2 Å². The number of ether oxygens (including phenoxy) is 2. The molecule has 0 saturated heterocycles. The summed E-state index contributed by atoms with van der Waals surface area (Å²) in [6.45, 7) is 6.41. The van der Waals surface area contributed by atoms with E-state index in [9.17, 15) is 14.7 Å². The van der Waals surface area contributed by atoms with Crippen LogP contribution in [0, 0.1) is 0 Å². The number of nitrogens with one attached hydrogen (secondary N) is 1. The van der Waals surface area contributed by atoms with E-state index in [2.05, 4.69) is 10.4 Å². The minimum atomic E-state index is -1.56. The lowest BCUT2D eigenvalue weighted by Crippen LogP contribution is -2.56. The van der Waals surface area contributed by atoms with E-state index in [1.807, 2.05) is 0 Å². The van der Waals surface area contributed by atoms with Crippen LogP contribution in [0.2, 0.25) is 0 Å². The van der Waals surface area contributed by atoms with E-state index < -0.39 is 23.2 Å². The molecular weight excluding hydrogens is 278 g/mol. The fraction of sp³-hybridized carbons (Fsp3) is 0.615. The summed E-state index contributed by atoms with van der Waals surface area (Å²) in [4.78, 5) is 23.2. The van der Waals surface area contributed by atoms with Crippen LogP contribution in [0.3, 0.4) is 0 Å². The van der Waals surface area contributed by atoms with Crippen molar-refractivity contribution in [1.29, 1.82) is 0 Å². The largest absolute Gasteiger partial charge is 0.493 e. The Balaban J connectivity index is 2.83. The van der Waals surface area contributed by atoms with E-state index in [-0.39, 0.29) is 6.54 Å². The molecule has 0 aliphatic heterocycles. The van der Waals surface area contributed by atoms with Crippen LogP contribution in [-0.2, 0) is 16.1 Å². The van der Waals surface area contributed by atoms with Crippen molar-refractivity contribution in [2.45, 2.75) is 45.4 Å². The molecule has 8 heteroatoms. The van der Waals surface area contributed by atoms with Crippen molar-refractivity contribution in [3.8, 4) is 5.75 Å². The molecule has 118 valence electrons. The van der Waals surface area contributed by atoms with Crippen LogP contribution in [0.4, 0.5) is 4.79 Å². The van der Waals surface area contributed by atoms with Crippen LogP contribution in [0.25, 0.3) is 0 Å². The Bertz CT molecular complexity index is 520. The summed E-state index contributed by atoms with van der Waals surface area (Å²) in [5, 5.41) is 15.7. The van der Waals surface area contributed by atoms with Gasteiger partial charge in [-0.2, -0.15) is 5.10 Å². The average Bonchev–Trinajstić information content (AvgIpc) is 2.73. The number of hydrogen-bond acceptors (Lipinski definition) is 5. The number of carbonyl (C=O) groups is 2. The summed E-state index contributed by atoms with van der Waals surface area (Å²) in [7, 11) is 1.48. The zero-order valence-electron chi connectivity index (χ0n) is 12.8. The van der Waals surface area contributed by atoms with E-state index >= 15 is 0 Å². The molecule has 0 aliphatic carbocycles. The summed E-state index contributed by atoms with van der Waals surface area (Å²) in [6, 6.07) is 0. The number of hydrogen-bond donors (Lipinski definition) is 2. The highest BCUT2D eigenvalue weighted by Crippen LogP contribution is 2.14. The molecule has 0 spiro atoms. The third-order valence-corrected chi connectivity index (χ3v) is 2.57. The number of rotatable bonds is 5. The highest BCUT2D eigenvalue weighted by Gasteiger charge is 2.37. The molecule has 1 amide bonds. The highest BCUT2D eigenvalue weighted by molar-refractivity contribution is 5.83. The van der Waals surface area contributed by atoms with Gasteiger partial charge in [-0.1, -0.05) is 0 Å². The number of carbonyl (C=O) groups excluding carboxylic acids is 1. The summed E-state index contributed by atoms with van der Waals surface area (Å²) in [5.74, 6) is -0.692. The average molecular weight is 299 g/mol. The predicted octanol–water partition coefficient (Wildman–Crippen LogP) is 1.26. The molecule has 2 N–H and O–H groups in total. The van der Waals surface area contributed by atoms with Crippen LogP contribution in [0.1, 0.15) is 27.7 Å². The Kier molecular flexibility index (Phi) is 4.82. The van der Waals surface area contributed by atoms with Gasteiger partial charge in [0.15, 0.2) is 11.3 Å². The second kappa shape index (κ2) is 6.02. The molecule has 0 bridgehead atoms. The number of carboxylic acids is 1. The predicted molar refractivity (Wildman–Crippen MR) is 74.2 cm³/mol. The molecule has 0 aliphatic rings. The molecule has 0 fully saturated rings. The molecule has 0 saturated carbocycles. The second-order valence-electron chi connectivity index (χ2n) is 5.84. The minimum absolute atomic E-state index is 0.0645. The van der Waals surface area contributed by atoms with Gasteiger partial charge in [-0.05, 0) is 27.7 Å². The molecule has 1 aromatic rings. The van der Waals surface area contributed by atoms with Crippen molar-refractivity contribution in [3.05, 3.63) is 12.4 Å². The zero-order valence-corrected chi connectivity index (χ0v) is 12.8. The maximum Gasteiger partial charge on any atom is 0.408 e. The van der Waals surface area contributed by atoms with Gasteiger partial charge < -0.3 is 19.9 Å². The minimum Gasteiger partial charge on any atom is -0.493 e. The van der Waals surface area contributed by atoms with Gasteiger partial charge in [-0.3, -0.25) is 4.68 Å². The monoisotopic (exact) mass is 299 g/mol. The van der Waals surface area contributed by atoms with Gasteiger partial charge >= 0.3 is 12.1 Å². The highest BCUT2D eigenvalue weighted by atomic mass is 16.6. The van der Waals surface area contributed by atoms with Crippen molar-refractivity contribution >= 4 is 12.1 Å². The maximum absolute atomic E-state index is 11.8. The zero-order chi connectivity index (χ0) is 16.3. The Morgan fingerprint density at radius 1 is 1.38 bits per heavy atom. The molecule has 0 aromatic carbocycles. The molecular formula is C13H21N3O5. The number of methoxy groups -OCH3 is 1. The van der Waals surface area contributed by atoms with E-state index in [0.717, 1.165) is 0 Å². The van der Waals surface area contributed by atoms with Crippen molar-refractivity contribution in [1.82, 2.24) is 15.1 Å². The summed E-state index contributed by atoms with van der Waals surface area (Å²) >= 11 is 0. The topological polar surface area (TPSA) is 103 Å². The van der Waals surface area contributed by atoms with E-state index in [1.165, 1.54) is 31.1 Å². The van der Waals surface area contributed by atoms with Gasteiger partial charge in [-0.25, -0.2) is 9.59 Å². The first-order chi connectivity index (χ1) is 9.55. The number of alkyl carbamates (subject to hydrolysis) is 1. The molecule has 8 nitrogen and oxygen atoms in total. The second-order valence-corrected chi connectivity index (χ2v) is 5.84. The van der Waals surface area contributed by atoms with Crippen molar-refractivity contribution in [2.24, 2.45) is 0 Å². The fourth-order valence-electron chi connectivity index (χ4n) is 1.55. The molecule has 1 aromatic heterocycles. The SMILES string of the molecule is COc1cnn(CC(C)(NC(=O)OC(C)(C)C)C(=O)O)c1. The van der Waals surface area contributed by atoms with Crippen molar-refractivity contribution in [3.63, 3.8) is 0 Å². The normalized spacial score (nSPS) is 14.1. The van der Waals surface area contributed by atoms with Crippen LogP contribution >= 0.6 is 0 Å². The van der Waals surface area contributed by atoms with Gasteiger partial charge in [-0.15, -0.1) is 0 Å². The van der Waals surface area contributed by atoms with Crippen molar-refractivity contribution in [2.75, 3.05) is 7.11 Å². The summed E-state index contributed by atoms with van der Waals surface area (Å²) < 4.78 is 11.4. The molecule has 1 heterocycles. The number of amides is 1. The summed E-state index contributed by atoms with van der Waals surface area (Å²) in [5.41, 5.74) is -2.27. The lowest BCUT2D eigenvalue weighted by Gasteiger charge is -2.28. The van der Waals surface area contributed by atoms with E-state index in [4.69, 9.17) is 9.47 Å². The Morgan fingerprint density at radius 2 is 2.00 bits per heavy atom. The van der Waals surface area contributed by atoms with Gasteiger partial charge in [0.25, 0.3) is 0 Å². The van der Waals surface area contributed by atoms with Gasteiger partial charge in [0.1, 0.15) is 5.60 Å². The third kappa shape index (κ3) is 4.97. The first-order valence-corrected chi connectivity index (χ1v) is 6.37. The number of carboxylic acid groups (broad SMARTS) is 1. The molecule has 1 unspecified atom stereocenters. The molecule has 21 heavy (non-hydrogen) atoms. The first kappa shape index (κ1) is 16.8. The van der Waals surface area contributed by atoms with Gasteiger partial charge in [0, 0.05) is 0 Å². The van der Waals surface area contributed by atoms with Gasteiger partial charge in [0.05, 0.1) is 26.0 Å². The van der Waals surface area contributed by atoms with Crippen molar-refractivity contribution < 1.29 is 24.2 Å². The van der Waals surface area contributed by atoms with Crippen LogP contribution in [0.15, 0.2) is 12.4 Å². The number of nitrogens with zero attached hydrogens (tertiary/aromatic N) is 2.